The average Bonchev–Trinajstić information content (AvgIpc) is 2.32. The van der Waals surface area contributed by atoms with Gasteiger partial charge < -0.3 is 0 Å². The summed E-state index contributed by atoms with van der Waals surface area (Å²) in [5.74, 6) is 0.855. The molecule has 3 unspecified atom stereocenters. The highest BCUT2D eigenvalue weighted by molar-refractivity contribution is 5.98. The highest BCUT2D eigenvalue weighted by Crippen LogP contribution is 2.35. The zero-order chi connectivity index (χ0) is 12.4. The summed E-state index contributed by atoms with van der Waals surface area (Å²) >= 11 is 0. The largest absolute Gasteiger partial charge is 0.294 e. The van der Waals surface area contributed by atoms with E-state index in [1.165, 1.54) is 6.07 Å². The first-order valence-electron chi connectivity index (χ1n) is 6.38. The number of Topliss-reactive ketones (excluding diaryl/α,β-unsaturated/α-hetero) is 1. The van der Waals surface area contributed by atoms with Crippen molar-refractivity contribution in [1.82, 2.24) is 0 Å². The third kappa shape index (κ3) is 2.56. The Kier molecular flexibility index (Phi) is 3.60. The van der Waals surface area contributed by atoms with Gasteiger partial charge in [-0.25, -0.2) is 4.39 Å². The normalized spacial score (nSPS) is 29.0. The predicted octanol–water partition coefficient (Wildman–Crippen LogP) is 4.08. The molecule has 0 amide bonds. The van der Waals surface area contributed by atoms with Crippen molar-refractivity contribution in [3.8, 4) is 0 Å². The van der Waals surface area contributed by atoms with Gasteiger partial charge in [-0.15, -0.1) is 0 Å². The van der Waals surface area contributed by atoms with Crippen LogP contribution >= 0.6 is 0 Å². The number of hydrogen-bond donors (Lipinski definition) is 0. The predicted molar refractivity (Wildman–Crippen MR) is 66.4 cm³/mol. The minimum Gasteiger partial charge on any atom is -0.294 e. The van der Waals surface area contributed by atoms with Crippen molar-refractivity contribution < 1.29 is 9.18 Å². The summed E-state index contributed by atoms with van der Waals surface area (Å²) < 4.78 is 13.5. The monoisotopic (exact) mass is 234 g/mol. The molecule has 1 nitrogen and oxygen atoms in total. The van der Waals surface area contributed by atoms with E-state index >= 15 is 0 Å². The van der Waals surface area contributed by atoms with E-state index in [4.69, 9.17) is 0 Å². The fourth-order valence-electron chi connectivity index (χ4n) is 2.67. The van der Waals surface area contributed by atoms with Gasteiger partial charge in [-0.3, -0.25) is 4.79 Å². The molecule has 0 aromatic heterocycles. The van der Waals surface area contributed by atoms with Crippen molar-refractivity contribution >= 4 is 5.78 Å². The third-order valence-electron chi connectivity index (χ3n) is 4.11. The summed E-state index contributed by atoms with van der Waals surface area (Å²) in [6.07, 6.45) is 2.87. The molecule has 0 bridgehead atoms. The molecule has 17 heavy (non-hydrogen) atoms. The van der Waals surface area contributed by atoms with Crippen LogP contribution in [0.15, 0.2) is 24.3 Å². The van der Waals surface area contributed by atoms with Gasteiger partial charge in [0.1, 0.15) is 5.82 Å². The topological polar surface area (TPSA) is 17.1 Å². The number of benzene rings is 1. The van der Waals surface area contributed by atoms with E-state index in [-0.39, 0.29) is 23.1 Å². The molecule has 1 aliphatic carbocycles. The van der Waals surface area contributed by atoms with Crippen molar-refractivity contribution in [2.24, 2.45) is 17.8 Å². The van der Waals surface area contributed by atoms with Crippen molar-refractivity contribution in [1.29, 1.82) is 0 Å². The van der Waals surface area contributed by atoms with Crippen LogP contribution < -0.4 is 0 Å². The second-order valence-corrected chi connectivity index (χ2v) is 5.31. The van der Waals surface area contributed by atoms with E-state index in [1.54, 1.807) is 18.2 Å². The highest BCUT2D eigenvalue weighted by Gasteiger charge is 2.30. The number of hydrogen-bond acceptors (Lipinski definition) is 1. The van der Waals surface area contributed by atoms with Crippen molar-refractivity contribution in [2.45, 2.75) is 33.1 Å². The van der Waals surface area contributed by atoms with Gasteiger partial charge in [0.15, 0.2) is 5.78 Å². The molecule has 0 radical (unpaired) electrons. The minimum atomic E-state index is -0.385. The zero-order valence-electron chi connectivity index (χ0n) is 10.4. The van der Waals surface area contributed by atoms with Crippen LogP contribution in [-0.2, 0) is 0 Å². The summed E-state index contributed by atoms with van der Waals surface area (Å²) in [6.45, 7) is 4.42. The lowest BCUT2D eigenvalue weighted by Gasteiger charge is -2.31. The number of ketones is 1. The Balaban J connectivity index is 2.14. The molecule has 0 heterocycles. The molecule has 0 N–H and O–H groups in total. The number of rotatable bonds is 2. The Labute approximate surface area is 102 Å². The SMILES string of the molecule is CC1CCC(C(=O)c2ccccc2F)CC1C. The summed E-state index contributed by atoms with van der Waals surface area (Å²) in [6, 6.07) is 6.31. The maximum Gasteiger partial charge on any atom is 0.168 e. The Hall–Kier alpha value is -1.18. The van der Waals surface area contributed by atoms with Gasteiger partial charge in [-0.1, -0.05) is 26.0 Å². The molecule has 1 aromatic carbocycles. The summed E-state index contributed by atoms with van der Waals surface area (Å²) in [5.41, 5.74) is 0.263. The molecule has 0 spiro atoms. The van der Waals surface area contributed by atoms with E-state index in [2.05, 4.69) is 13.8 Å². The Morgan fingerprint density at radius 2 is 1.88 bits per heavy atom. The van der Waals surface area contributed by atoms with E-state index in [0.29, 0.717) is 11.8 Å². The smallest absolute Gasteiger partial charge is 0.168 e. The van der Waals surface area contributed by atoms with Crippen molar-refractivity contribution in [2.75, 3.05) is 0 Å². The van der Waals surface area contributed by atoms with Crippen LogP contribution in [0.5, 0.6) is 0 Å². The molecule has 1 saturated carbocycles. The number of carbonyl (C=O) groups is 1. The molecule has 92 valence electrons. The molecule has 1 aliphatic rings. The Morgan fingerprint density at radius 3 is 2.53 bits per heavy atom. The summed E-state index contributed by atoms with van der Waals surface area (Å²) in [5, 5.41) is 0. The molecule has 2 heteroatoms. The quantitative estimate of drug-likeness (QED) is 0.705. The van der Waals surface area contributed by atoms with Gasteiger partial charge in [0.25, 0.3) is 0 Å². The standard InChI is InChI=1S/C15H19FO/c1-10-7-8-12(9-11(10)2)15(17)13-5-3-4-6-14(13)16/h3-6,10-12H,7-9H2,1-2H3. The molecule has 3 atom stereocenters. The molecule has 0 saturated heterocycles. The van der Waals surface area contributed by atoms with Crippen LogP contribution in [0.2, 0.25) is 0 Å². The number of carbonyl (C=O) groups excluding carboxylic acids is 1. The van der Waals surface area contributed by atoms with Crippen LogP contribution in [0.25, 0.3) is 0 Å². The van der Waals surface area contributed by atoms with Crippen LogP contribution in [0.3, 0.4) is 0 Å². The van der Waals surface area contributed by atoms with Gasteiger partial charge in [0.05, 0.1) is 5.56 Å². The second-order valence-electron chi connectivity index (χ2n) is 5.31. The molecule has 1 aromatic rings. The van der Waals surface area contributed by atoms with Gasteiger partial charge in [-0.05, 0) is 43.2 Å². The Bertz CT molecular complexity index is 413. The average molecular weight is 234 g/mol. The van der Waals surface area contributed by atoms with E-state index in [0.717, 1.165) is 19.3 Å². The first-order valence-corrected chi connectivity index (χ1v) is 6.38. The lowest BCUT2D eigenvalue weighted by molar-refractivity contribution is 0.0833. The highest BCUT2D eigenvalue weighted by atomic mass is 19.1. The maximum absolute atomic E-state index is 13.5. The van der Waals surface area contributed by atoms with Gasteiger partial charge >= 0.3 is 0 Å². The van der Waals surface area contributed by atoms with Gasteiger partial charge in [0.2, 0.25) is 0 Å². The molecular weight excluding hydrogens is 215 g/mol. The van der Waals surface area contributed by atoms with Crippen LogP contribution in [-0.4, -0.2) is 5.78 Å². The van der Waals surface area contributed by atoms with E-state index < -0.39 is 0 Å². The fraction of sp³-hybridized carbons (Fsp3) is 0.533. The molecule has 1 fully saturated rings. The lowest BCUT2D eigenvalue weighted by atomic mass is 9.73. The second kappa shape index (κ2) is 4.99. The molecule has 2 rings (SSSR count). The maximum atomic E-state index is 13.5. The first-order chi connectivity index (χ1) is 8.09. The van der Waals surface area contributed by atoms with Crippen molar-refractivity contribution in [3.05, 3.63) is 35.6 Å². The number of halogens is 1. The first kappa shape index (κ1) is 12.3. The zero-order valence-corrected chi connectivity index (χ0v) is 10.4. The molecular formula is C15H19FO. The van der Waals surface area contributed by atoms with E-state index in [9.17, 15) is 9.18 Å². The van der Waals surface area contributed by atoms with Crippen LogP contribution in [0, 0.1) is 23.6 Å². The lowest BCUT2D eigenvalue weighted by Crippen LogP contribution is -2.27. The van der Waals surface area contributed by atoms with E-state index in [1.807, 2.05) is 0 Å². The van der Waals surface area contributed by atoms with Gasteiger partial charge in [0, 0.05) is 5.92 Å². The van der Waals surface area contributed by atoms with Crippen molar-refractivity contribution in [3.63, 3.8) is 0 Å². The summed E-state index contributed by atoms with van der Waals surface area (Å²) in [4.78, 5) is 12.2. The third-order valence-corrected chi connectivity index (χ3v) is 4.11. The minimum absolute atomic E-state index is 0.0121. The van der Waals surface area contributed by atoms with Crippen LogP contribution in [0.4, 0.5) is 4.39 Å². The van der Waals surface area contributed by atoms with Gasteiger partial charge in [-0.2, -0.15) is 0 Å². The fourth-order valence-corrected chi connectivity index (χ4v) is 2.67. The van der Waals surface area contributed by atoms with Crippen LogP contribution in [0.1, 0.15) is 43.5 Å². The summed E-state index contributed by atoms with van der Waals surface area (Å²) in [7, 11) is 0. The Morgan fingerprint density at radius 1 is 1.18 bits per heavy atom. The molecule has 0 aliphatic heterocycles.